The zero-order valence-electron chi connectivity index (χ0n) is 14.8. The van der Waals surface area contributed by atoms with E-state index in [1.807, 2.05) is 12.1 Å². The molecule has 29 heavy (non-hydrogen) atoms. The van der Waals surface area contributed by atoms with Crippen molar-refractivity contribution in [2.45, 2.75) is 10.6 Å². The van der Waals surface area contributed by atoms with E-state index in [1.54, 1.807) is 30.6 Å². The fraction of sp³-hybridized carbons (Fsp3) is 0.100. The van der Waals surface area contributed by atoms with Crippen LogP contribution in [-0.4, -0.2) is 20.2 Å². The second kappa shape index (κ2) is 7.90. The fourth-order valence-electron chi connectivity index (χ4n) is 2.89. The SMILES string of the molecule is FC(F)(F)c1cccnc1-c1ccc2c(Nc3ccc(CI)cn3)cnnc2c1. The Bertz CT molecular complexity index is 1160. The molecule has 0 atom stereocenters. The first kappa shape index (κ1) is 19.5. The number of nitrogens with zero attached hydrogens (tertiary/aromatic N) is 4. The van der Waals surface area contributed by atoms with Gasteiger partial charge >= 0.3 is 6.18 Å². The summed E-state index contributed by atoms with van der Waals surface area (Å²) in [6, 6.07) is 11.0. The molecule has 0 amide bonds. The van der Waals surface area contributed by atoms with Gasteiger partial charge in [-0.1, -0.05) is 34.7 Å². The van der Waals surface area contributed by atoms with Crippen molar-refractivity contribution in [2.24, 2.45) is 0 Å². The summed E-state index contributed by atoms with van der Waals surface area (Å²) in [7, 11) is 0. The molecule has 0 aliphatic heterocycles. The molecule has 1 aromatic carbocycles. The summed E-state index contributed by atoms with van der Waals surface area (Å²) in [5.41, 5.74) is 1.61. The summed E-state index contributed by atoms with van der Waals surface area (Å²) < 4.78 is 40.8. The molecule has 0 spiro atoms. The van der Waals surface area contributed by atoms with E-state index in [1.165, 1.54) is 12.3 Å². The lowest BCUT2D eigenvalue weighted by Gasteiger charge is -2.13. The van der Waals surface area contributed by atoms with Gasteiger partial charge < -0.3 is 5.32 Å². The van der Waals surface area contributed by atoms with Gasteiger partial charge in [0.25, 0.3) is 0 Å². The van der Waals surface area contributed by atoms with Crippen molar-refractivity contribution in [3.8, 4) is 11.3 Å². The summed E-state index contributed by atoms with van der Waals surface area (Å²) in [6.07, 6.45) is 0.175. The molecule has 9 heteroatoms. The topological polar surface area (TPSA) is 63.6 Å². The Balaban J connectivity index is 1.73. The Morgan fingerprint density at radius 2 is 1.86 bits per heavy atom. The fourth-order valence-corrected chi connectivity index (χ4v) is 3.34. The number of anilines is 2. The molecule has 5 nitrogen and oxygen atoms in total. The molecular formula is C20H13F3IN5. The maximum Gasteiger partial charge on any atom is 0.418 e. The van der Waals surface area contributed by atoms with Crippen LogP contribution in [-0.2, 0) is 10.6 Å². The number of aromatic nitrogens is 4. The average molecular weight is 507 g/mol. The Hall–Kier alpha value is -2.82. The molecule has 0 saturated carbocycles. The molecule has 146 valence electrons. The van der Waals surface area contributed by atoms with Crippen LogP contribution < -0.4 is 5.32 Å². The molecular weight excluding hydrogens is 494 g/mol. The minimum atomic E-state index is -4.50. The van der Waals surface area contributed by atoms with E-state index in [-0.39, 0.29) is 5.69 Å². The predicted molar refractivity (Wildman–Crippen MR) is 113 cm³/mol. The first-order valence-electron chi connectivity index (χ1n) is 8.51. The number of hydrogen-bond acceptors (Lipinski definition) is 5. The molecule has 3 aromatic heterocycles. The van der Waals surface area contributed by atoms with Crippen LogP contribution in [0.4, 0.5) is 24.7 Å². The first-order chi connectivity index (χ1) is 14.0. The first-order valence-corrected chi connectivity index (χ1v) is 10.0. The van der Waals surface area contributed by atoms with Crippen molar-refractivity contribution < 1.29 is 13.2 Å². The van der Waals surface area contributed by atoms with E-state index in [0.717, 1.165) is 16.1 Å². The third kappa shape index (κ3) is 4.14. The normalized spacial score (nSPS) is 11.6. The number of benzene rings is 1. The standard InChI is InChI=1S/C20H13F3IN5/c21-20(22,23)15-2-1-7-25-19(15)13-4-5-14-16(8-13)29-27-11-17(14)28-18-6-3-12(9-24)10-26-18/h1-8,10-11H,9H2,(H,26,28,29). The number of alkyl halides is 4. The number of fused-ring (bicyclic) bond motifs is 1. The molecule has 1 N–H and O–H groups in total. The summed E-state index contributed by atoms with van der Waals surface area (Å²) in [4.78, 5) is 8.29. The zero-order chi connectivity index (χ0) is 20.4. The van der Waals surface area contributed by atoms with Crippen molar-refractivity contribution in [3.63, 3.8) is 0 Å². The van der Waals surface area contributed by atoms with Gasteiger partial charge in [0.2, 0.25) is 0 Å². The molecule has 4 rings (SSSR count). The average Bonchev–Trinajstić information content (AvgIpc) is 2.73. The van der Waals surface area contributed by atoms with Gasteiger partial charge in [-0.3, -0.25) is 4.98 Å². The monoisotopic (exact) mass is 507 g/mol. The lowest BCUT2D eigenvalue weighted by Crippen LogP contribution is -2.08. The number of hydrogen-bond donors (Lipinski definition) is 1. The lowest BCUT2D eigenvalue weighted by molar-refractivity contribution is -0.137. The van der Waals surface area contributed by atoms with Crippen molar-refractivity contribution in [3.05, 3.63) is 72.2 Å². The molecule has 0 fully saturated rings. The Labute approximate surface area is 177 Å². The van der Waals surface area contributed by atoms with Crippen LogP contribution in [0.25, 0.3) is 22.2 Å². The van der Waals surface area contributed by atoms with E-state index < -0.39 is 11.7 Å². The van der Waals surface area contributed by atoms with Crippen LogP contribution in [0.1, 0.15) is 11.1 Å². The summed E-state index contributed by atoms with van der Waals surface area (Å²) >= 11 is 2.26. The highest BCUT2D eigenvalue weighted by Gasteiger charge is 2.34. The quantitative estimate of drug-likeness (QED) is 0.280. The van der Waals surface area contributed by atoms with Crippen molar-refractivity contribution in [1.82, 2.24) is 20.2 Å². The van der Waals surface area contributed by atoms with Crippen LogP contribution in [0.5, 0.6) is 0 Å². The minimum Gasteiger partial charge on any atom is -0.338 e. The Kier molecular flexibility index (Phi) is 5.31. The molecule has 3 heterocycles. The van der Waals surface area contributed by atoms with Gasteiger partial charge in [0.15, 0.2) is 0 Å². The van der Waals surface area contributed by atoms with Crippen LogP contribution >= 0.6 is 22.6 Å². The third-order valence-corrected chi connectivity index (χ3v) is 5.15. The largest absolute Gasteiger partial charge is 0.418 e. The maximum atomic E-state index is 13.3. The molecule has 0 saturated heterocycles. The Morgan fingerprint density at radius 1 is 1.00 bits per heavy atom. The summed E-state index contributed by atoms with van der Waals surface area (Å²) in [5, 5.41) is 11.9. The molecule has 0 aliphatic rings. The van der Waals surface area contributed by atoms with E-state index in [9.17, 15) is 13.2 Å². The van der Waals surface area contributed by atoms with Crippen LogP contribution in [0.15, 0.2) is 61.1 Å². The van der Waals surface area contributed by atoms with Gasteiger partial charge in [0.1, 0.15) is 5.82 Å². The Morgan fingerprint density at radius 3 is 2.59 bits per heavy atom. The molecule has 0 radical (unpaired) electrons. The highest BCUT2D eigenvalue weighted by atomic mass is 127. The number of rotatable bonds is 4. The van der Waals surface area contributed by atoms with E-state index >= 15 is 0 Å². The van der Waals surface area contributed by atoms with Gasteiger partial charge in [-0.2, -0.15) is 23.4 Å². The zero-order valence-corrected chi connectivity index (χ0v) is 16.9. The molecule has 0 unspecified atom stereocenters. The predicted octanol–water partition coefficient (Wildman–Crippen LogP) is 5.78. The van der Waals surface area contributed by atoms with Gasteiger partial charge in [-0.15, -0.1) is 0 Å². The highest BCUT2D eigenvalue weighted by Crippen LogP contribution is 2.36. The number of halogens is 4. The number of nitrogens with one attached hydrogen (secondary N) is 1. The summed E-state index contributed by atoms with van der Waals surface area (Å²) in [5.74, 6) is 0.640. The maximum absolute atomic E-state index is 13.3. The number of pyridine rings is 2. The lowest BCUT2D eigenvalue weighted by atomic mass is 10.0. The van der Waals surface area contributed by atoms with Crippen molar-refractivity contribution in [2.75, 3.05) is 5.32 Å². The molecule has 4 aromatic rings. The second-order valence-corrected chi connectivity index (χ2v) is 6.96. The van der Waals surface area contributed by atoms with E-state index in [0.29, 0.717) is 28.0 Å². The van der Waals surface area contributed by atoms with Crippen molar-refractivity contribution in [1.29, 1.82) is 0 Å². The third-order valence-electron chi connectivity index (χ3n) is 4.27. The second-order valence-electron chi connectivity index (χ2n) is 6.20. The van der Waals surface area contributed by atoms with Gasteiger partial charge in [-0.25, -0.2) is 4.98 Å². The van der Waals surface area contributed by atoms with Crippen LogP contribution in [0, 0.1) is 0 Å². The van der Waals surface area contributed by atoms with E-state index in [4.69, 9.17) is 0 Å². The molecule has 0 bridgehead atoms. The molecule has 0 aliphatic carbocycles. The summed E-state index contributed by atoms with van der Waals surface area (Å²) in [6.45, 7) is 0. The van der Waals surface area contributed by atoms with Gasteiger partial charge in [-0.05, 0) is 35.9 Å². The van der Waals surface area contributed by atoms with Gasteiger partial charge in [0.05, 0.1) is 28.7 Å². The smallest absolute Gasteiger partial charge is 0.338 e. The van der Waals surface area contributed by atoms with Crippen molar-refractivity contribution >= 4 is 45.0 Å². The van der Waals surface area contributed by atoms with Gasteiger partial charge in [0, 0.05) is 27.8 Å². The van der Waals surface area contributed by atoms with E-state index in [2.05, 4.69) is 48.1 Å². The highest BCUT2D eigenvalue weighted by molar-refractivity contribution is 14.1. The van der Waals surface area contributed by atoms with Crippen LogP contribution in [0.2, 0.25) is 0 Å². The minimum absolute atomic E-state index is 0.141. The van der Waals surface area contributed by atoms with Crippen LogP contribution in [0.3, 0.4) is 0 Å².